The molecule has 0 radical (unpaired) electrons. The van der Waals surface area contributed by atoms with Crippen LogP contribution in [-0.4, -0.2) is 18.2 Å². The van der Waals surface area contributed by atoms with E-state index < -0.39 is 0 Å². The molecule has 1 atom stereocenters. The summed E-state index contributed by atoms with van der Waals surface area (Å²) in [5.41, 5.74) is 8.14. The molecule has 4 heteroatoms. The summed E-state index contributed by atoms with van der Waals surface area (Å²) in [6.45, 7) is 3.99. The van der Waals surface area contributed by atoms with Crippen LogP contribution in [0.25, 0.3) is 0 Å². The highest BCUT2D eigenvalue weighted by molar-refractivity contribution is 5.39. The van der Waals surface area contributed by atoms with Crippen LogP contribution in [0, 0.1) is 0 Å². The van der Waals surface area contributed by atoms with Gasteiger partial charge in [0.2, 0.25) is 5.88 Å². The van der Waals surface area contributed by atoms with Gasteiger partial charge in [-0.1, -0.05) is 18.2 Å². The van der Waals surface area contributed by atoms with Crippen LogP contribution in [0.15, 0.2) is 42.6 Å². The van der Waals surface area contributed by atoms with Gasteiger partial charge >= 0.3 is 0 Å². The van der Waals surface area contributed by atoms with E-state index in [9.17, 15) is 0 Å². The molecule has 1 aromatic carbocycles. The van der Waals surface area contributed by atoms with Gasteiger partial charge in [0.05, 0.1) is 19.3 Å². The highest BCUT2D eigenvalue weighted by Crippen LogP contribution is 2.28. The van der Waals surface area contributed by atoms with Crippen molar-refractivity contribution in [3.63, 3.8) is 0 Å². The lowest BCUT2D eigenvalue weighted by Gasteiger charge is -2.17. The van der Waals surface area contributed by atoms with Gasteiger partial charge in [-0.25, -0.2) is 4.98 Å². The molecule has 0 fully saturated rings. The van der Waals surface area contributed by atoms with Gasteiger partial charge in [-0.2, -0.15) is 0 Å². The molecule has 0 aliphatic heterocycles. The van der Waals surface area contributed by atoms with E-state index in [0.717, 1.165) is 16.9 Å². The molecule has 2 N–H and O–H groups in total. The summed E-state index contributed by atoms with van der Waals surface area (Å²) in [5, 5.41) is 0. The minimum atomic E-state index is -0.297. The van der Waals surface area contributed by atoms with Gasteiger partial charge in [-0.15, -0.1) is 0 Å². The van der Waals surface area contributed by atoms with E-state index in [1.54, 1.807) is 13.3 Å². The molecule has 0 amide bonds. The Hall–Kier alpha value is -2.07. The molecule has 4 nitrogen and oxygen atoms in total. The molecule has 2 aromatic rings. The second kappa shape index (κ2) is 6.39. The fourth-order valence-electron chi connectivity index (χ4n) is 2.04. The SMILES string of the molecule is COc1ncccc1C(N)c1cccc(OC(C)C)c1. The van der Waals surface area contributed by atoms with E-state index in [4.69, 9.17) is 15.2 Å². The zero-order chi connectivity index (χ0) is 14.5. The van der Waals surface area contributed by atoms with Gasteiger partial charge in [0.25, 0.3) is 0 Å². The average molecular weight is 272 g/mol. The number of benzene rings is 1. The maximum absolute atomic E-state index is 6.32. The third kappa shape index (κ3) is 3.27. The first-order chi connectivity index (χ1) is 9.61. The van der Waals surface area contributed by atoms with Crippen molar-refractivity contribution in [2.24, 2.45) is 5.73 Å². The van der Waals surface area contributed by atoms with Crippen LogP contribution in [0.5, 0.6) is 11.6 Å². The van der Waals surface area contributed by atoms with Crippen LogP contribution < -0.4 is 15.2 Å². The minimum absolute atomic E-state index is 0.134. The molecular weight excluding hydrogens is 252 g/mol. The summed E-state index contributed by atoms with van der Waals surface area (Å²) < 4.78 is 11.0. The Morgan fingerprint density at radius 1 is 1.15 bits per heavy atom. The van der Waals surface area contributed by atoms with Crippen molar-refractivity contribution >= 4 is 0 Å². The quantitative estimate of drug-likeness (QED) is 0.909. The topological polar surface area (TPSA) is 57.4 Å². The number of hydrogen-bond donors (Lipinski definition) is 1. The third-order valence-electron chi connectivity index (χ3n) is 2.92. The van der Waals surface area contributed by atoms with E-state index in [-0.39, 0.29) is 12.1 Å². The predicted molar refractivity (Wildman–Crippen MR) is 79.0 cm³/mol. The predicted octanol–water partition coefficient (Wildman–Crippen LogP) is 2.93. The van der Waals surface area contributed by atoms with E-state index in [1.165, 1.54) is 0 Å². The van der Waals surface area contributed by atoms with E-state index in [0.29, 0.717) is 5.88 Å². The first kappa shape index (κ1) is 14.3. The number of nitrogens with zero attached hydrogens (tertiary/aromatic N) is 1. The minimum Gasteiger partial charge on any atom is -0.491 e. The highest BCUT2D eigenvalue weighted by atomic mass is 16.5. The van der Waals surface area contributed by atoms with Crippen molar-refractivity contribution in [2.75, 3.05) is 7.11 Å². The average Bonchev–Trinajstić information content (AvgIpc) is 2.46. The molecular formula is C16H20N2O2. The molecule has 2 rings (SSSR count). The molecule has 1 unspecified atom stereocenters. The number of nitrogens with two attached hydrogens (primary N) is 1. The van der Waals surface area contributed by atoms with Crippen molar-refractivity contribution < 1.29 is 9.47 Å². The Bertz CT molecular complexity index is 570. The lowest BCUT2D eigenvalue weighted by atomic mass is 10.0. The maximum atomic E-state index is 6.32. The maximum Gasteiger partial charge on any atom is 0.218 e. The summed E-state index contributed by atoms with van der Waals surface area (Å²) in [5.74, 6) is 1.37. The van der Waals surface area contributed by atoms with Gasteiger partial charge in [-0.3, -0.25) is 0 Å². The largest absolute Gasteiger partial charge is 0.491 e. The van der Waals surface area contributed by atoms with Crippen molar-refractivity contribution in [3.8, 4) is 11.6 Å². The molecule has 1 aromatic heterocycles. The van der Waals surface area contributed by atoms with Crippen molar-refractivity contribution in [3.05, 3.63) is 53.7 Å². The highest BCUT2D eigenvalue weighted by Gasteiger charge is 2.15. The molecule has 0 spiro atoms. The summed E-state index contributed by atoms with van der Waals surface area (Å²) in [7, 11) is 1.59. The fourth-order valence-corrected chi connectivity index (χ4v) is 2.04. The lowest BCUT2D eigenvalue weighted by molar-refractivity contribution is 0.242. The lowest BCUT2D eigenvalue weighted by Crippen LogP contribution is -2.14. The number of rotatable bonds is 5. The second-order valence-corrected chi connectivity index (χ2v) is 4.82. The first-order valence-corrected chi connectivity index (χ1v) is 6.63. The van der Waals surface area contributed by atoms with Gasteiger partial charge in [0.15, 0.2) is 0 Å². The van der Waals surface area contributed by atoms with Gasteiger partial charge in [0, 0.05) is 11.8 Å². The molecule has 0 aliphatic rings. The Morgan fingerprint density at radius 3 is 2.65 bits per heavy atom. The molecule has 106 valence electrons. The Morgan fingerprint density at radius 2 is 1.95 bits per heavy atom. The zero-order valence-electron chi connectivity index (χ0n) is 12.0. The summed E-state index contributed by atoms with van der Waals surface area (Å²) in [6, 6.07) is 11.3. The Balaban J connectivity index is 2.30. The monoisotopic (exact) mass is 272 g/mol. The van der Waals surface area contributed by atoms with Crippen LogP contribution in [-0.2, 0) is 0 Å². The van der Waals surface area contributed by atoms with Gasteiger partial charge in [0.1, 0.15) is 5.75 Å². The van der Waals surface area contributed by atoms with Gasteiger partial charge in [-0.05, 0) is 37.6 Å². The van der Waals surface area contributed by atoms with Crippen LogP contribution in [0.3, 0.4) is 0 Å². The standard InChI is InChI=1S/C16H20N2O2/c1-11(2)20-13-7-4-6-12(10-13)15(17)14-8-5-9-18-16(14)19-3/h4-11,15H,17H2,1-3H3. The van der Waals surface area contributed by atoms with Crippen LogP contribution >= 0.6 is 0 Å². The van der Waals surface area contributed by atoms with E-state index >= 15 is 0 Å². The van der Waals surface area contributed by atoms with E-state index in [2.05, 4.69) is 4.98 Å². The number of pyridine rings is 1. The van der Waals surface area contributed by atoms with Crippen molar-refractivity contribution in [1.29, 1.82) is 0 Å². The number of ether oxygens (including phenoxy) is 2. The molecule has 0 saturated heterocycles. The molecule has 20 heavy (non-hydrogen) atoms. The molecule has 0 bridgehead atoms. The van der Waals surface area contributed by atoms with Crippen LogP contribution in [0.2, 0.25) is 0 Å². The van der Waals surface area contributed by atoms with Crippen LogP contribution in [0.4, 0.5) is 0 Å². The second-order valence-electron chi connectivity index (χ2n) is 4.82. The zero-order valence-corrected chi connectivity index (χ0v) is 12.0. The summed E-state index contributed by atoms with van der Waals surface area (Å²) in [6.07, 6.45) is 1.82. The molecule has 0 aliphatic carbocycles. The van der Waals surface area contributed by atoms with Crippen molar-refractivity contribution in [2.45, 2.75) is 26.0 Å². The molecule has 1 heterocycles. The van der Waals surface area contributed by atoms with E-state index in [1.807, 2.05) is 50.2 Å². The Kier molecular flexibility index (Phi) is 4.58. The fraction of sp³-hybridized carbons (Fsp3) is 0.312. The summed E-state index contributed by atoms with van der Waals surface area (Å²) >= 11 is 0. The third-order valence-corrected chi connectivity index (χ3v) is 2.92. The summed E-state index contributed by atoms with van der Waals surface area (Å²) in [4.78, 5) is 4.18. The van der Waals surface area contributed by atoms with Crippen LogP contribution in [0.1, 0.15) is 31.0 Å². The first-order valence-electron chi connectivity index (χ1n) is 6.63. The number of hydrogen-bond acceptors (Lipinski definition) is 4. The number of methoxy groups -OCH3 is 1. The van der Waals surface area contributed by atoms with Gasteiger partial charge < -0.3 is 15.2 Å². The number of aromatic nitrogens is 1. The van der Waals surface area contributed by atoms with Crippen molar-refractivity contribution in [1.82, 2.24) is 4.98 Å². The molecule has 0 saturated carbocycles. The smallest absolute Gasteiger partial charge is 0.218 e. The normalized spacial score (nSPS) is 12.2. The Labute approximate surface area is 119 Å².